The smallest absolute Gasteiger partial charge is 0.191 e. The maximum atomic E-state index is 6.20. The average Bonchev–Trinajstić information content (AvgIpc) is 3.39. The lowest BCUT2D eigenvalue weighted by atomic mass is 10.3. The number of anilines is 1. The molecule has 1 fully saturated rings. The van der Waals surface area contributed by atoms with Crippen molar-refractivity contribution in [3.63, 3.8) is 0 Å². The molecule has 27 heavy (non-hydrogen) atoms. The quantitative estimate of drug-likeness (QED) is 0.342. The molecule has 7 nitrogen and oxygen atoms in total. The molecular formula is C18H22IN7S. The van der Waals surface area contributed by atoms with Gasteiger partial charge in [-0.25, -0.2) is 14.7 Å². The van der Waals surface area contributed by atoms with Crippen molar-refractivity contribution < 1.29 is 0 Å². The molecule has 1 saturated heterocycles. The first-order valence-electron chi connectivity index (χ1n) is 8.58. The Morgan fingerprint density at radius 1 is 1.15 bits per heavy atom. The lowest BCUT2D eigenvalue weighted by Gasteiger charge is -2.35. The first-order chi connectivity index (χ1) is 12.8. The Morgan fingerprint density at radius 3 is 2.63 bits per heavy atom. The number of guanidine groups is 1. The highest BCUT2D eigenvalue weighted by molar-refractivity contribution is 14.0. The fraction of sp³-hybridized carbons (Fsp3) is 0.278. The minimum atomic E-state index is 0. The van der Waals surface area contributed by atoms with E-state index in [1.54, 1.807) is 11.3 Å². The number of aliphatic imine (C=N–C) groups is 1. The van der Waals surface area contributed by atoms with Crippen LogP contribution in [0.15, 0.2) is 59.3 Å². The summed E-state index contributed by atoms with van der Waals surface area (Å²) in [5, 5.41) is 7.48. The van der Waals surface area contributed by atoms with E-state index in [0.29, 0.717) is 12.5 Å². The van der Waals surface area contributed by atoms with Crippen molar-refractivity contribution in [2.45, 2.75) is 6.54 Å². The van der Waals surface area contributed by atoms with E-state index >= 15 is 0 Å². The van der Waals surface area contributed by atoms with Crippen LogP contribution in [0.5, 0.6) is 0 Å². The molecule has 142 valence electrons. The van der Waals surface area contributed by atoms with E-state index in [1.165, 1.54) is 0 Å². The van der Waals surface area contributed by atoms with Crippen LogP contribution in [0.1, 0.15) is 5.56 Å². The Morgan fingerprint density at radius 2 is 1.93 bits per heavy atom. The topological polar surface area (TPSA) is 75.6 Å². The summed E-state index contributed by atoms with van der Waals surface area (Å²) in [6, 6.07) is 10.0. The van der Waals surface area contributed by atoms with Gasteiger partial charge in [-0.15, -0.1) is 35.3 Å². The summed E-state index contributed by atoms with van der Waals surface area (Å²) >= 11 is 1.67. The molecule has 0 spiro atoms. The molecular weight excluding hydrogens is 473 g/mol. The normalized spacial score (nSPS) is 14.9. The molecule has 3 aromatic rings. The summed E-state index contributed by atoms with van der Waals surface area (Å²) in [4.78, 5) is 13.3. The van der Waals surface area contributed by atoms with Gasteiger partial charge < -0.3 is 15.5 Å². The first kappa shape index (κ1) is 19.6. The predicted molar refractivity (Wildman–Crippen MR) is 120 cm³/mol. The summed E-state index contributed by atoms with van der Waals surface area (Å²) in [6.45, 7) is 4.08. The fourth-order valence-electron chi connectivity index (χ4n) is 2.93. The van der Waals surface area contributed by atoms with Gasteiger partial charge in [0.15, 0.2) is 11.1 Å². The number of nitrogens with two attached hydrogens (primary N) is 1. The highest BCUT2D eigenvalue weighted by Gasteiger charge is 2.19. The van der Waals surface area contributed by atoms with Crippen LogP contribution in [-0.4, -0.2) is 51.8 Å². The average molecular weight is 495 g/mol. The molecule has 0 bridgehead atoms. The number of piperazine rings is 1. The second-order valence-corrected chi connectivity index (χ2v) is 6.96. The predicted octanol–water partition coefficient (Wildman–Crippen LogP) is 2.58. The molecule has 0 amide bonds. The van der Waals surface area contributed by atoms with Gasteiger partial charge in [0.1, 0.15) is 0 Å². The number of hydrogen-bond acceptors (Lipinski definition) is 5. The van der Waals surface area contributed by atoms with Crippen LogP contribution in [-0.2, 0) is 6.54 Å². The van der Waals surface area contributed by atoms with Crippen LogP contribution in [0.25, 0.3) is 5.69 Å². The Kier molecular flexibility index (Phi) is 6.67. The minimum Gasteiger partial charge on any atom is -0.370 e. The molecule has 0 aliphatic carbocycles. The standard InChI is InChI=1S/C18H21N7S.HI/c19-17(23-7-9-24(10-8-23)18-20-6-11-26-18)21-12-15-13-22-25(14-15)16-4-2-1-3-5-16;/h1-6,11,13-14H,7-10,12H2,(H2,19,21);1H. The third kappa shape index (κ3) is 4.78. The Hall–Kier alpha value is -2.14. The van der Waals surface area contributed by atoms with Gasteiger partial charge in [0.05, 0.1) is 18.4 Å². The summed E-state index contributed by atoms with van der Waals surface area (Å²) in [7, 11) is 0. The van der Waals surface area contributed by atoms with Crippen molar-refractivity contribution in [1.29, 1.82) is 0 Å². The van der Waals surface area contributed by atoms with Gasteiger partial charge in [-0.1, -0.05) is 18.2 Å². The Labute approximate surface area is 179 Å². The van der Waals surface area contributed by atoms with Crippen molar-refractivity contribution >= 4 is 46.4 Å². The maximum absolute atomic E-state index is 6.20. The largest absolute Gasteiger partial charge is 0.370 e. The van der Waals surface area contributed by atoms with Gasteiger partial charge in [-0.05, 0) is 12.1 Å². The van der Waals surface area contributed by atoms with Crippen molar-refractivity contribution in [1.82, 2.24) is 19.7 Å². The second kappa shape index (κ2) is 9.18. The SMILES string of the molecule is I.NC(=NCc1cnn(-c2ccccc2)c1)N1CCN(c2nccs2)CC1. The van der Waals surface area contributed by atoms with E-state index in [4.69, 9.17) is 5.73 Å². The number of benzene rings is 1. The molecule has 0 saturated carbocycles. The van der Waals surface area contributed by atoms with E-state index in [0.717, 1.165) is 42.6 Å². The van der Waals surface area contributed by atoms with Gasteiger partial charge >= 0.3 is 0 Å². The Bertz CT molecular complexity index is 855. The number of thiazole rings is 1. The lowest BCUT2D eigenvalue weighted by molar-refractivity contribution is 0.380. The third-order valence-electron chi connectivity index (χ3n) is 4.37. The second-order valence-electron chi connectivity index (χ2n) is 6.09. The van der Waals surface area contributed by atoms with Crippen LogP contribution in [0.2, 0.25) is 0 Å². The highest BCUT2D eigenvalue weighted by Crippen LogP contribution is 2.18. The molecule has 9 heteroatoms. The molecule has 1 aliphatic heterocycles. The van der Waals surface area contributed by atoms with Gasteiger partial charge in [0.2, 0.25) is 0 Å². The molecule has 0 unspecified atom stereocenters. The molecule has 0 radical (unpaired) electrons. The lowest BCUT2D eigenvalue weighted by Crippen LogP contribution is -2.51. The van der Waals surface area contributed by atoms with E-state index in [-0.39, 0.29) is 24.0 Å². The van der Waals surface area contributed by atoms with Gasteiger partial charge in [0, 0.05) is 49.5 Å². The summed E-state index contributed by atoms with van der Waals surface area (Å²) in [5.74, 6) is 0.594. The molecule has 0 atom stereocenters. The minimum absolute atomic E-state index is 0. The molecule has 2 aromatic heterocycles. The van der Waals surface area contributed by atoms with E-state index in [2.05, 4.69) is 24.9 Å². The van der Waals surface area contributed by atoms with Crippen molar-refractivity contribution in [3.8, 4) is 5.69 Å². The van der Waals surface area contributed by atoms with Crippen LogP contribution in [0.3, 0.4) is 0 Å². The number of nitrogens with zero attached hydrogens (tertiary/aromatic N) is 6. The van der Waals surface area contributed by atoms with Crippen LogP contribution >= 0.6 is 35.3 Å². The van der Waals surface area contributed by atoms with E-state index in [1.807, 2.05) is 59.0 Å². The first-order valence-corrected chi connectivity index (χ1v) is 9.46. The number of para-hydroxylation sites is 1. The number of rotatable bonds is 4. The molecule has 2 N–H and O–H groups in total. The van der Waals surface area contributed by atoms with Crippen molar-refractivity contribution in [3.05, 3.63) is 59.9 Å². The van der Waals surface area contributed by atoms with E-state index in [9.17, 15) is 0 Å². The summed E-state index contributed by atoms with van der Waals surface area (Å²) in [6.07, 6.45) is 5.68. The summed E-state index contributed by atoms with van der Waals surface area (Å²) < 4.78 is 1.86. The molecule has 1 aromatic carbocycles. The van der Waals surface area contributed by atoms with Crippen molar-refractivity contribution in [2.24, 2.45) is 10.7 Å². The number of hydrogen-bond donors (Lipinski definition) is 1. The maximum Gasteiger partial charge on any atom is 0.191 e. The van der Waals surface area contributed by atoms with Gasteiger partial charge in [0.25, 0.3) is 0 Å². The van der Waals surface area contributed by atoms with Crippen LogP contribution in [0.4, 0.5) is 5.13 Å². The van der Waals surface area contributed by atoms with Gasteiger partial charge in [-0.2, -0.15) is 5.10 Å². The molecule has 1 aliphatic rings. The zero-order valence-electron chi connectivity index (χ0n) is 14.8. The van der Waals surface area contributed by atoms with Crippen molar-refractivity contribution in [2.75, 3.05) is 31.1 Å². The zero-order chi connectivity index (χ0) is 17.8. The third-order valence-corrected chi connectivity index (χ3v) is 5.21. The Balaban J connectivity index is 0.00000210. The summed E-state index contributed by atoms with van der Waals surface area (Å²) in [5.41, 5.74) is 8.27. The number of halogens is 1. The number of aromatic nitrogens is 3. The fourth-order valence-corrected chi connectivity index (χ4v) is 3.63. The molecule has 4 rings (SSSR count). The van der Waals surface area contributed by atoms with E-state index < -0.39 is 0 Å². The van der Waals surface area contributed by atoms with Gasteiger partial charge in [-0.3, -0.25) is 0 Å². The monoisotopic (exact) mass is 495 g/mol. The molecule has 3 heterocycles. The van der Waals surface area contributed by atoms with Crippen LogP contribution in [0, 0.1) is 0 Å². The van der Waals surface area contributed by atoms with Crippen LogP contribution < -0.4 is 10.6 Å². The zero-order valence-corrected chi connectivity index (χ0v) is 18.0. The highest BCUT2D eigenvalue weighted by atomic mass is 127.